The summed E-state index contributed by atoms with van der Waals surface area (Å²) in [5.41, 5.74) is 6.81. The molecule has 1 aromatic heterocycles. The van der Waals surface area contributed by atoms with Crippen LogP contribution in [0.1, 0.15) is 66.1 Å². The van der Waals surface area contributed by atoms with E-state index >= 15 is 0 Å². The van der Waals surface area contributed by atoms with Crippen molar-refractivity contribution in [2.45, 2.75) is 58.8 Å². The zero-order chi connectivity index (χ0) is 25.9. The summed E-state index contributed by atoms with van der Waals surface area (Å²) in [5.74, 6) is 1.15. The third-order valence-corrected chi connectivity index (χ3v) is 8.37. The van der Waals surface area contributed by atoms with E-state index < -0.39 is 0 Å². The Hall–Kier alpha value is -3.25. The molecule has 0 atom stereocenters. The van der Waals surface area contributed by atoms with Gasteiger partial charge >= 0.3 is 0 Å². The minimum atomic E-state index is -0.260. The molecule has 0 radical (unpaired) electrons. The van der Waals surface area contributed by atoms with Gasteiger partial charge in [-0.05, 0) is 98.8 Å². The van der Waals surface area contributed by atoms with Crippen LogP contribution in [0.2, 0.25) is 0 Å². The molecule has 5 nitrogen and oxygen atoms in total. The lowest BCUT2D eigenvalue weighted by molar-refractivity contribution is -0.123. The smallest absolute Gasteiger partial charge is 0.293 e. The van der Waals surface area contributed by atoms with E-state index in [2.05, 4.69) is 48.7 Å². The second-order valence-corrected chi connectivity index (χ2v) is 11.1. The SMILES string of the molecule is Cc1ccc(OCCN2C(=O)S/C(=C\c3cc(C)n(-c4ccc(C5CCCCC5)cc4)c3C)C2=O)cc1. The summed E-state index contributed by atoms with van der Waals surface area (Å²) in [4.78, 5) is 27.3. The van der Waals surface area contributed by atoms with Crippen molar-refractivity contribution in [2.75, 3.05) is 13.2 Å². The van der Waals surface area contributed by atoms with Crippen molar-refractivity contribution in [3.63, 3.8) is 0 Å². The Kier molecular flexibility index (Phi) is 7.56. The molecule has 192 valence electrons. The molecule has 3 aromatic rings. The van der Waals surface area contributed by atoms with Crippen LogP contribution in [0.4, 0.5) is 4.79 Å². The van der Waals surface area contributed by atoms with Gasteiger partial charge in [0.15, 0.2) is 0 Å². The van der Waals surface area contributed by atoms with Crippen LogP contribution < -0.4 is 4.74 Å². The summed E-state index contributed by atoms with van der Waals surface area (Å²) in [7, 11) is 0. The molecule has 0 N–H and O–H groups in total. The molecule has 37 heavy (non-hydrogen) atoms. The van der Waals surface area contributed by atoms with Crippen LogP contribution in [-0.2, 0) is 4.79 Å². The quantitative estimate of drug-likeness (QED) is 0.305. The van der Waals surface area contributed by atoms with Gasteiger partial charge in [-0.2, -0.15) is 0 Å². The molecule has 1 saturated heterocycles. The van der Waals surface area contributed by atoms with Crippen LogP contribution in [0.25, 0.3) is 11.8 Å². The molecule has 2 aliphatic rings. The Labute approximate surface area is 223 Å². The average Bonchev–Trinajstić information content (AvgIpc) is 3.34. The molecule has 5 rings (SSSR count). The van der Waals surface area contributed by atoms with E-state index in [4.69, 9.17) is 4.74 Å². The van der Waals surface area contributed by atoms with Crippen LogP contribution in [0, 0.1) is 20.8 Å². The summed E-state index contributed by atoms with van der Waals surface area (Å²) >= 11 is 0.996. The van der Waals surface area contributed by atoms with Crippen molar-refractivity contribution in [2.24, 2.45) is 0 Å². The first-order chi connectivity index (χ1) is 17.9. The van der Waals surface area contributed by atoms with Gasteiger partial charge < -0.3 is 9.30 Å². The average molecular weight is 515 g/mol. The number of thioether (sulfide) groups is 1. The van der Waals surface area contributed by atoms with Gasteiger partial charge in [-0.3, -0.25) is 14.5 Å². The van der Waals surface area contributed by atoms with Gasteiger partial charge in [-0.1, -0.05) is 49.1 Å². The standard InChI is InChI=1S/C31H34N2O3S/c1-21-9-15-28(16-10-21)36-18-17-32-30(34)29(37-31(32)35)20-26-19-22(2)33(23(26)3)27-13-11-25(12-14-27)24-7-5-4-6-8-24/h9-16,19-20,24H,4-8,17-18H2,1-3H3/b29-20-. The van der Waals surface area contributed by atoms with E-state index in [9.17, 15) is 9.59 Å². The summed E-state index contributed by atoms with van der Waals surface area (Å²) < 4.78 is 7.95. The fourth-order valence-electron chi connectivity index (χ4n) is 5.39. The van der Waals surface area contributed by atoms with Gasteiger partial charge in [0.2, 0.25) is 0 Å². The molecular formula is C31H34N2O3S. The summed E-state index contributed by atoms with van der Waals surface area (Å²) in [6.45, 7) is 6.64. The highest BCUT2D eigenvalue weighted by atomic mass is 32.2. The lowest BCUT2D eigenvalue weighted by Gasteiger charge is -2.22. The highest BCUT2D eigenvalue weighted by molar-refractivity contribution is 8.18. The van der Waals surface area contributed by atoms with Crippen molar-refractivity contribution in [1.82, 2.24) is 9.47 Å². The maximum absolute atomic E-state index is 13.0. The molecule has 0 spiro atoms. The van der Waals surface area contributed by atoms with Gasteiger partial charge in [0, 0.05) is 17.1 Å². The molecule has 6 heteroatoms. The molecule has 1 saturated carbocycles. The molecule has 0 unspecified atom stereocenters. The van der Waals surface area contributed by atoms with E-state index in [1.807, 2.05) is 37.3 Å². The van der Waals surface area contributed by atoms with Gasteiger partial charge in [0.1, 0.15) is 12.4 Å². The zero-order valence-electron chi connectivity index (χ0n) is 21.8. The largest absolute Gasteiger partial charge is 0.492 e. The monoisotopic (exact) mass is 514 g/mol. The summed E-state index contributed by atoms with van der Waals surface area (Å²) in [6, 6.07) is 18.8. The number of benzene rings is 2. The maximum Gasteiger partial charge on any atom is 0.293 e. The van der Waals surface area contributed by atoms with E-state index in [1.54, 1.807) is 0 Å². The Morgan fingerprint density at radius 3 is 2.35 bits per heavy atom. The molecule has 2 heterocycles. The summed E-state index contributed by atoms with van der Waals surface area (Å²) in [5, 5.41) is -0.254. The maximum atomic E-state index is 13.0. The number of carbonyl (C=O) groups is 2. The zero-order valence-corrected chi connectivity index (χ0v) is 22.6. The highest BCUT2D eigenvalue weighted by Gasteiger charge is 2.35. The van der Waals surface area contributed by atoms with Crippen molar-refractivity contribution in [3.05, 3.63) is 87.6 Å². The van der Waals surface area contributed by atoms with Crippen LogP contribution in [0.3, 0.4) is 0 Å². The minimum absolute atomic E-state index is 0.224. The lowest BCUT2D eigenvalue weighted by Crippen LogP contribution is -2.32. The Morgan fingerprint density at radius 1 is 0.946 bits per heavy atom. The second kappa shape index (κ2) is 11.0. The predicted octanol–water partition coefficient (Wildman–Crippen LogP) is 7.57. The fourth-order valence-corrected chi connectivity index (χ4v) is 6.24. The lowest BCUT2D eigenvalue weighted by atomic mass is 9.84. The molecular weight excluding hydrogens is 480 g/mol. The van der Waals surface area contributed by atoms with Gasteiger partial charge in [0.05, 0.1) is 11.4 Å². The number of aryl methyl sites for hydroxylation is 2. The molecule has 1 aliphatic carbocycles. The number of rotatable bonds is 7. The third-order valence-electron chi connectivity index (χ3n) is 7.46. The topological polar surface area (TPSA) is 51.5 Å². The Bertz CT molecular complexity index is 1320. The number of ether oxygens (including phenoxy) is 1. The van der Waals surface area contributed by atoms with Gasteiger partial charge in [-0.25, -0.2) is 0 Å². The van der Waals surface area contributed by atoms with Gasteiger partial charge in [-0.15, -0.1) is 0 Å². The number of hydrogen-bond acceptors (Lipinski definition) is 4. The first kappa shape index (κ1) is 25.4. The van der Waals surface area contributed by atoms with Crippen molar-refractivity contribution in [3.8, 4) is 11.4 Å². The molecule has 2 amide bonds. The Morgan fingerprint density at radius 2 is 1.65 bits per heavy atom. The van der Waals surface area contributed by atoms with Crippen LogP contribution in [-0.4, -0.2) is 33.8 Å². The van der Waals surface area contributed by atoms with E-state index in [1.165, 1.54) is 42.6 Å². The van der Waals surface area contributed by atoms with Crippen molar-refractivity contribution < 1.29 is 14.3 Å². The summed E-state index contributed by atoms with van der Waals surface area (Å²) in [6.07, 6.45) is 8.45. The highest BCUT2D eigenvalue weighted by Crippen LogP contribution is 2.35. The number of amides is 2. The third kappa shape index (κ3) is 5.54. The van der Waals surface area contributed by atoms with E-state index in [0.717, 1.165) is 45.7 Å². The molecule has 1 aliphatic heterocycles. The molecule has 0 bridgehead atoms. The number of hydrogen-bond donors (Lipinski definition) is 0. The number of nitrogens with zero attached hydrogens (tertiary/aromatic N) is 2. The van der Waals surface area contributed by atoms with E-state index in [-0.39, 0.29) is 24.3 Å². The number of carbonyl (C=O) groups excluding carboxylic acids is 2. The molecule has 2 aromatic carbocycles. The fraction of sp³-hybridized carbons (Fsp3) is 0.355. The molecule has 2 fully saturated rings. The second-order valence-electron chi connectivity index (χ2n) is 10.1. The Balaban J connectivity index is 1.28. The van der Waals surface area contributed by atoms with Gasteiger partial charge in [0.25, 0.3) is 11.1 Å². The van der Waals surface area contributed by atoms with Crippen molar-refractivity contribution >= 4 is 29.0 Å². The first-order valence-electron chi connectivity index (χ1n) is 13.1. The van der Waals surface area contributed by atoms with Crippen LogP contribution in [0.15, 0.2) is 59.5 Å². The minimum Gasteiger partial charge on any atom is -0.492 e. The number of aromatic nitrogens is 1. The van der Waals surface area contributed by atoms with Crippen LogP contribution >= 0.6 is 11.8 Å². The van der Waals surface area contributed by atoms with Crippen LogP contribution in [0.5, 0.6) is 5.75 Å². The predicted molar refractivity (Wildman–Crippen MR) is 150 cm³/mol. The normalized spacial score (nSPS) is 17.7. The first-order valence-corrected chi connectivity index (χ1v) is 14.0. The van der Waals surface area contributed by atoms with E-state index in [0.29, 0.717) is 10.8 Å². The van der Waals surface area contributed by atoms with Crippen molar-refractivity contribution in [1.29, 1.82) is 0 Å². The number of imide groups is 1.